The van der Waals surface area contributed by atoms with Gasteiger partial charge in [0.2, 0.25) is 5.95 Å². The van der Waals surface area contributed by atoms with Gasteiger partial charge in [-0.3, -0.25) is 0 Å². The van der Waals surface area contributed by atoms with Crippen LogP contribution in [0.3, 0.4) is 0 Å². The third-order valence-electron chi connectivity index (χ3n) is 4.47. The number of carbonyl (C=O) groups excluding carboxylic acids is 1. The summed E-state index contributed by atoms with van der Waals surface area (Å²) in [4.78, 5) is 30.3. The molecule has 1 fully saturated rings. The standard InChI is InChI=1S/C20H24FN7O4/c21-17-13(12-31-20(30)26-18(22)23)4-3-5-16(17)14-8-24-19(25-9-14)28-10-15(11-28)27-32-7-2-1-6-29/h3-5,8-9,29H,1-2,6-7,10-12H2,(H4,22,23,26,30). The molecule has 3 rings (SSSR count). The number of hydrogen-bond acceptors (Lipinski definition) is 8. The lowest BCUT2D eigenvalue weighted by molar-refractivity contribution is 0.132. The average Bonchev–Trinajstić information content (AvgIpc) is 2.74. The summed E-state index contributed by atoms with van der Waals surface area (Å²) in [7, 11) is 0. The maximum absolute atomic E-state index is 14.9. The third kappa shape index (κ3) is 6.11. The van der Waals surface area contributed by atoms with E-state index in [1.54, 1.807) is 12.1 Å². The van der Waals surface area contributed by atoms with Crippen LogP contribution in [0.1, 0.15) is 18.4 Å². The second kappa shape index (κ2) is 11.0. The Morgan fingerprint density at radius 2 is 1.97 bits per heavy atom. The van der Waals surface area contributed by atoms with Crippen molar-refractivity contribution >= 4 is 23.7 Å². The summed E-state index contributed by atoms with van der Waals surface area (Å²) in [6.07, 6.45) is 3.48. The van der Waals surface area contributed by atoms with E-state index in [0.29, 0.717) is 37.6 Å². The molecule has 1 aromatic heterocycles. The molecule has 1 saturated heterocycles. The fraction of sp³-hybridized carbons (Fsp3) is 0.350. The number of anilines is 1. The molecule has 0 spiro atoms. The van der Waals surface area contributed by atoms with Gasteiger partial charge in [-0.2, -0.15) is 0 Å². The zero-order valence-electron chi connectivity index (χ0n) is 17.3. The number of aliphatic hydroxyl groups is 1. The lowest BCUT2D eigenvalue weighted by Crippen LogP contribution is -2.48. The number of aliphatic imine (C=N–C) groups is 1. The Bertz CT molecular complexity index is 986. The third-order valence-corrected chi connectivity index (χ3v) is 4.47. The first-order valence-corrected chi connectivity index (χ1v) is 9.87. The second-order valence-electron chi connectivity index (χ2n) is 6.92. The van der Waals surface area contributed by atoms with E-state index in [4.69, 9.17) is 26.1 Å². The quantitative estimate of drug-likeness (QED) is 0.222. The largest absolute Gasteiger partial charge is 0.443 e. The number of amides is 1. The van der Waals surface area contributed by atoms with E-state index in [1.165, 1.54) is 18.5 Å². The molecule has 0 saturated carbocycles. The predicted octanol–water partition coefficient (Wildman–Crippen LogP) is 1.16. The molecule has 2 aromatic rings. The van der Waals surface area contributed by atoms with Crippen molar-refractivity contribution in [1.29, 1.82) is 0 Å². The highest BCUT2D eigenvalue weighted by Crippen LogP contribution is 2.26. The summed E-state index contributed by atoms with van der Waals surface area (Å²) >= 11 is 0. The van der Waals surface area contributed by atoms with Crippen LogP contribution in [0, 0.1) is 5.82 Å². The first-order chi connectivity index (χ1) is 15.5. The Kier molecular flexibility index (Phi) is 7.86. The number of nitrogens with two attached hydrogens (primary N) is 2. The normalized spacial score (nSPS) is 12.7. The molecule has 12 heteroatoms. The summed E-state index contributed by atoms with van der Waals surface area (Å²) in [5, 5.41) is 12.8. The van der Waals surface area contributed by atoms with E-state index in [1.807, 2.05) is 4.90 Å². The lowest BCUT2D eigenvalue weighted by atomic mass is 10.1. The van der Waals surface area contributed by atoms with Gasteiger partial charge >= 0.3 is 6.09 Å². The van der Waals surface area contributed by atoms with Gasteiger partial charge < -0.3 is 31.0 Å². The number of ether oxygens (including phenoxy) is 1. The van der Waals surface area contributed by atoms with Crippen molar-refractivity contribution in [2.24, 2.45) is 21.6 Å². The van der Waals surface area contributed by atoms with E-state index in [-0.39, 0.29) is 24.3 Å². The molecule has 170 valence electrons. The fourth-order valence-electron chi connectivity index (χ4n) is 2.82. The Hall–Kier alpha value is -3.80. The molecule has 2 heterocycles. The summed E-state index contributed by atoms with van der Waals surface area (Å²) < 4.78 is 19.7. The summed E-state index contributed by atoms with van der Waals surface area (Å²) in [5.74, 6) is -0.499. The molecule has 1 amide bonds. The van der Waals surface area contributed by atoms with E-state index in [2.05, 4.69) is 20.1 Å². The Balaban J connectivity index is 1.58. The highest BCUT2D eigenvalue weighted by atomic mass is 19.1. The molecule has 0 unspecified atom stereocenters. The van der Waals surface area contributed by atoms with Crippen LogP contribution in [-0.2, 0) is 16.2 Å². The van der Waals surface area contributed by atoms with Crippen LogP contribution in [0.15, 0.2) is 40.7 Å². The molecule has 1 aromatic carbocycles. The van der Waals surface area contributed by atoms with Gasteiger partial charge in [0.25, 0.3) is 0 Å². The number of rotatable bonds is 9. The smallest absolute Gasteiger partial charge is 0.437 e. The molecule has 5 N–H and O–H groups in total. The average molecular weight is 445 g/mol. The van der Waals surface area contributed by atoms with Crippen molar-refractivity contribution in [3.05, 3.63) is 42.0 Å². The minimum absolute atomic E-state index is 0.141. The van der Waals surface area contributed by atoms with Gasteiger partial charge in [-0.25, -0.2) is 19.2 Å². The van der Waals surface area contributed by atoms with Gasteiger partial charge in [-0.15, -0.1) is 4.99 Å². The number of oxime groups is 1. The highest BCUT2D eigenvalue weighted by molar-refractivity contribution is 5.98. The van der Waals surface area contributed by atoms with Crippen molar-refractivity contribution in [1.82, 2.24) is 9.97 Å². The van der Waals surface area contributed by atoms with Crippen molar-refractivity contribution in [3.8, 4) is 11.1 Å². The van der Waals surface area contributed by atoms with E-state index in [0.717, 1.165) is 12.1 Å². The molecule has 0 aliphatic carbocycles. The zero-order chi connectivity index (χ0) is 22.9. The predicted molar refractivity (Wildman–Crippen MR) is 115 cm³/mol. The molecule has 0 atom stereocenters. The Morgan fingerprint density at radius 3 is 2.66 bits per heavy atom. The van der Waals surface area contributed by atoms with Gasteiger partial charge in [0.15, 0.2) is 5.96 Å². The number of nitrogens with zero attached hydrogens (tertiary/aromatic N) is 5. The number of hydrogen-bond donors (Lipinski definition) is 3. The monoisotopic (exact) mass is 445 g/mol. The first kappa shape index (κ1) is 22.9. The van der Waals surface area contributed by atoms with Gasteiger partial charge in [0, 0.05) is 35.7 Å². The molecule has 1 aliphatic heterocycles. The number of benzene rings is 1. The second-order valence-corrected chi connectivity index (χ2v) is 6.92. The van der Waals surface area contributed by atoms with E-state index >= 15 is 0 Å². The molecule has 1 aliphatic rings. The maximum Gasteiger partial charge on any atom is 0.437 e. The zero-order valence-corrected chi connectivity index (χ0v) is 17.3. The van der Waals surface area contributed by atoms with Crippen LogP contribution in [0.5, 0.6) is 0 Å². The molecule has 0 radical (unpaired) electrons. The number of aliphatic hydroxyl groups excluding tert-OH is 1. The van der Waals surface area contributed by atoms with Crippen molar-refractivity contribution in [3.63, 3.8) is 0 Å². The van der Waals surface area contributed by atoms with E-state index in [9.17, 15) is 9.18 Å². The van der Waals surface area contributed by atoms with Crippen LogP contribution in [0.2, 0.25) is 0 Å². The van der Waals surface area contributed by atoms with Crippen molar-refractivity contribution < 1.29 is 23.9 Å². The number of aromatic nitrogens is 2. The van der Waals surface area contributed by atoms with Gasteiger partial charge in [0.05, 0.1) is 18.8 Å². The number of carbonyl (C=O) groups is 1. The molecule has 32 heavy (non-hydrogen) atoms. The SMILES string of the molecule is NC(N)=NC(=O)OCc1cccc(-c2cnc(N3CC(=NOCCCCO)C3)nc2)c1F. The molecule has 11 nitrogen and oxygen atoms in total. The number of guanidine groups is 1. The Labute approximate surface area is 183 Å². The maximum atomic E-state index is 14.9. The summed E-state index contributed by atoms with van der Waals surface area (Å²) in [5.41, 5.74) is 12.0. The van der Waals surface area contributed by atoms with E-state index < -0.39 is 17.9 Å². The molecule has 0 bridgehead atoms. The van der Waals surface area contributed by atoms with Crippen LogP contribution < -0.4 is 16.4 Å². The van der Waals surface area contributed by atoms with Crippen LogP contribution in [0.4, 0.5) is 15.1 Å². The van der Waals surface area contributed by atoms with Gasteiger partial charge in [0.1, 0.15) is 19.0 Å². The van der Waals surface area contributed by atoms with Crippen LogP contribution in [0.25, 0.3) is 11.1 Å². The van der Waals surface area contributed by atoms with Crippen molar-refractivity contribution in [2.45, 2.75) is 19.4 Å². The summed E-state index contributed by atoms with van der Waals surface area (Å²) in [6, 6.07) is 4.70. The lowest BCUT2D eigenvalue weighted by Gasteiger charge is -2.31. The topological polar surface area (TPSA) is 162 Å². The molecular weight excluding hydrogens is 421 g/mol. The first-order valence-electron chi connectivity index (χ1n) is 9.87. The highest BCUT2D eigenvalue weighted by Gasteiger charge is 2.25. The number of unbranched alkanes of at least 4 members (excludes halogenated alkanes) is 1. The van der Waals surface area contributed by atoms with Crippen LogP contribution in [-0.4, -0.2) is 59.1 Å². The van der Waals surface area contributed by atoms with Crippen molar-refractivity contribution in [2.75, 3.05) is 31.2 Å². The summed E-state index contributed by atoms with van der Waals surface area (Å²) in [6.45, 7) is 1.37. The minimum Gasteiger partial charge on any atom is -0.443 e. The minimum atomic E-state index is -1.00. The Morgan fingerprint density at radius 1 is 1.22 bits per heavy atom. The number of halogens is 1. The molecular formula is C20H24FN7O4. The van der Waals surface area contributed by atoms with Crippen LogP contribution >= 0.6 is 0 Å². The van der Waals surface area contributed by atoms with Gasteiger partial charge in [-0.05, 0) is 12.8 Å². The van der Waals surface area contributed by atoms with Gasteiger partial charge in [-0.1, -0.05) is 23.4 Å². The fourth-order valence-corrected chi connectivity index (χ4v) is 2.82.